The van der Waals surface area contributed by atoms with E-state index in [1.807, 2.05) is 6.20 Å². The lowest BCUT2D eigenvalue weighted by molar-refractivity contribution is 0.565. The van der Waals surface area contributed by atoms with Crippen molar-refractivity contribution in [1.82, 2.24) is 4.57 Å². The Bertz CT molecular complexity index is 599. The Kier molecular flexibility index (Phi) is 3.73. The summed E-state index contributed by atoms with van der Waals surface area (Å²) in [6.07, 6.45) is 4.08. The Morgan fingerprint density at radius 1 is 1.53 bits per heavy atom. The molecule has 0 aromatic carbocycles. The number of hydrogen-bond acceptors (Lipinski definition) is 2. The predicted octanol–water partition coefficient (Wildman–Crippen LogP) is 3.95. The summed E-state index contributed by atoms with van der Waals surface area (Å²) >= 11 is 5.26. The number of nitrogens with zero attached hydrogens (tertiary/aromatic N) is 1. The molecule has 2 nitrogen and oxygen atoms in total. The van der Waals surface area contributed by atoms with Crippen molar-refractivity contribution in [2.24, 2.45) is 13.0 Å². The molecule has 0 N–H and O–H groups in total. The molecule has 2 rings (SSSR count). The van der Waals surface area contributed by atoms with Crippen LogP contribution in [0.2, 0.25) is 0 Å². The fourth-order valence-electron chi connectivity index (χ4n) is 1.84. The number of hydrogen-bond donors (Lipinski definition) is 0. The van der Waals surface area contributed by atoms with Gasteiger partial charge in [0.05, 0.1) is 14.6 Å². The minimum absolute atomic E-state index is 0.0925. The second-order valence-electron chi connectivity index (χ2n) is 4.57. The van der Waals surface area contributed by atoms with Gasteiger partial charge in [-0.05, 0) is 34.3 Å². The van der Waals surface area contributed by atoms with E-state index in [-0.39, 0.29) is 5.56 Å². The van der Waals surface area contributed by atoms with Crippen LogP contribution in [0.15, 0.2) is 21.5 Å². The van der Waals surface area contributed by atoms with Crippen LogP contribution in [0.1, 0.15) is 25.1 Å². The van der Waals surface area contributed by atoms with Crippen molar-refractivity contribution < 1.29 is 0 Å². The van der Waals surface area contributed by atoms with E-state index in [0.29, 0.717) is 5.92 Å². The molecule has 0 fully saturated rings. The molecule has 0 saturated heterocycles. The molecule has 0 aliphatic rings. The van der Waals surface area contributed by atoms with Crippen molar-refractivity contribution in [1.29, 1.82) is 0 Å². The van der Waals surface area contributed by atoms with Crippen LogP contribution >= 0.6 is 27.3 Å². The number of aryl methyl sites for hydroxylation is 1. The van der Waals surface area contributed by atoms with Crippen LogP contribution in [0.5, 0.6) is 0 Å². The summed E-state index contributed by atoms with van der Waals surface area (Å²) in [6.45, 7) is 4.45. The quantitative estimate of drug-likeness (QED) is 0.841. The molecule has 0 amide bonds. The van der Waals surface area contributed by atoms with Gasteiger partial charge in [-0.1, -0.05) is 20.3 Å². The lowest BCUT2D eigenvalue weighted by atomic mass is 10.0. The zero-order valence-corrected chi connectivity index (χ0v) is 12.7. The third kappa shape index (κ3) is 2.47. The van der Waals surface area contributed by atoms with Gasteiger partial charge in [-0.3, -0.25) is 4.79 Å². The highest BCUT2D eigenvalue weighted by molar-refractivity contribution is 9.10. The molecule has 0 saturated carbocycles. The Balaban J connectivity index is 2.54. The zero-order valence-electron chi connectivity index (χ0n) is 10.3. The van der Waals surface area contributed by atoms with E-state index in [9.17, 15) is 4.79 Å². The van der Waals surface area contributed by atoms with Gasteiger partial charge in [0.1, 0.15) is 0 Å². The molecule has 0 unspecified atom stereocenters. The number of thiophene rings is 1. The minimum atomic E-state index is 0.0925. The number of fused-ring (bicyclic) bond motifs is 1. The number of rotatable bonds is 3. The van der Waals surface area contributed by atoms with E-state index in [2.05, 4.69) is 35.8 Å². The number of aromatic nitrogens is 1. The molecule has 2 aromatic rings. The second kappa shape index (κ2) is 4.94. The molecule has 2 heterocycles. The van der Waals surface area contributed by atoms with Crippen molar-refractivity contribution in [3.63, 3.8) is 0 Å². The van der Waals surface area contributed by atoms with Gasteiger partial charge in [0.15, 0.2) is 0 Å². The highest BCUT2D eigenvalue weighted by Gasteiger charge is 2.11. The Labute approximate surface area is 113 Å². The van der Waals surface area contributed by atoms with Crippen molar-refractivity contribution in [2.75, 3.05) is 0 Å². The van der Waals surface area contributed by atoms with Gasteiger partial charge in [-0.2, -0.15) is 0 Å². The van der Waals surface area contributed by atoms with Gasteiger partial charge in [0.25, 0.3) is 5.56 Å². The molecular formula is C13H16BrNOS. The van der Waals surface area contributed by atoms with Gasteiger partial charge in [-0.25, -0.2) is 0 Å². The summed E-state index contributed by atoms with van der Waals surface area (Å²) in [4.78, 5) is 13.3. The normalized spacial score (nSPS) is 13.2. The summed E-state index contributed by atoms with van der Waals surface area (Å²) in [7, 11) is 1.79. The van der Waals surface area contributed by atoms with E-state index in [4.69, 9.17) is 0 Å². The number of halogens is 1. The molecular weight excluding hydrogens is 298 g/mol. The van der Waals surface area contributed by atoms with Crippen molar-refractivity contribution in [3.8, 4) is 0 Å². The van der Waals surface area contributed by atoms with Gasteiger partial charge < -0.3 is 4.57 Å². The maximum absolute atomic E-state index is 12.0. The first kappa shape index (κ1) is 12.8. The maximum Gasteiger partial charge on any atom is 0.259 e. The van der Waals surface area contributed by atoms with Gasteiger partial charge in [0.2, 0.25) is 0 Å². The van der Waals surface area contributed by atoms with Crippen molar-refractivity contribution in [2.45, 2.75) is 26.7 Å². The van der Waals surface area contributed by atoms with E-state index in [0.717, 1.165) is 21.0 Å². The van der Waals surface area contributed by atoms with Gasteiger partial charge in [-0.15, -0.1) is 11.3 Å². The van der Waals surface area contributed by atoms with Crippen LogP contribution in [0, 0.1) is 5.92 Å². The molecule has 4 heteroatoms. The third-order valence-electron chi connectivity index (χ3n) is 3.10. The van der Waals surface area contributed by atoms with Crippen LogP contribution < -0.4 is 5.56 Å². The lowest BCUT2D eigenvalue weighted by Gasteiger charge is -2.04. The Morgan fingerprint density at radius 2 is 2.24 bits per heavy atom. The van der Waals surface area contributed by atoms with E-state index in [1.165, 1.54) is 11.3 Å². The fourth-order valence-corrected chi connectivity index (χ4v) is 3.82. The third-order valence-corrected chi connectivity index (χ3v) is 5.16. The molecule has 92 valence electrons. The van der Waals surface area contributed by atoms with Crippen molar-refractivity contribution in [3.05, 3.63) is 32.0 Å². The van der Waals surface area contributed by atoms with E-state index >= 15 is 0 Å². The SMILES string of the molecule is CC[C@@H](C)Cc1cc2c(=O)n(C)cc(Br)c2s1. The lowest BCUT2D eigenvalue weighted by Crippen LogP contribution is -2.15. The summed E-state index contributed by atoms with van der Waals surface area (Å²) in [5.41, 5.74) is 0.0925. The molecule has 0 radical (unpaired) electrons. The second-order valence-corrected chi connectivity index (χ2v) is 6.56. The largest absolute Gasteiger partial charge is 0.317 e. The number of pyridine rings is 1. The molecule has 0 spiro atoms. The van der Waals surface area contributed by atoms with Crippen LogP contribution in [0.3, 0.4) is 0 Å². The summed E-state index contributed by atoms with van der Waals surface area (Å²) < 4.78 is 3.72. The van der Waals surface area contributed by atoms with Crippen LogP contribution in [-0.4, -0.2) is 4.57 Å². The van der Waals surface area contributed by atoms with E-state index in [1.54, 1.807) is 23.0 Å². The molecule has 1 atom stereocenters. The monoisotopic (exact) mass is 313 g/mol. The van der Waals surface area contributed by atoms with Crippen LogP contribution in [-0.2, 0) is 13.5 Å². The zero-order chi connectivity index (χ0) is 12.6. The molecule has 0 aliphatic heterocycles. The average molecular weight is 314 g/mol. The standard InChI is InChI=1S/C13H16BrNOS/c1-4-8(2)5-9-6-10-12(17-9)11(14)7-15(3)13(10)16/h6-8H,4-5H2,1-3H3/t8-/m1/s1. The first-order valence-corrected chi connectivity index (χ1v) is 7.41. The average Bonchev–Trinajstić information content (AvgIpc) is 2.70. The first-order chi connectivity index (χ1) is 8.02. The first-order valence-electron chi connectivity index (χ1n) is 5.80. The topological polar surface area (TPSA) is 22.0 Å². The molecule has 0 bridgehead atoms. The van der Waals surface area contributed by atoms with Crippen LogP contribution in [0.4, 0.5) is 0 Å². The van der Waals surface area contributed by atoms with Gasteiger partial charge >= 0.3 is 0 Å². The predicted molar refractivity (Wildman–Crippen MR) is 77.9 cm³/mol. The Hall–Kier alpha value is -0.610. The molecule has 2 aromatic heterocycles. The van der Waals surface area contributed by atoms with Crippen LogP contribution in [0.25, 0.3) is 10.1 Å². The molecule has 0 aliphatic carbocycles. The maximum atomic E-state index is 12.0. The fraction of sp³-hybridized carbons (Fsp3) is 0.462. The van der Waals surface area contributed by atoms with Crippen molar-refractivity contribution >= 4 is 37.4 Å². The minimum Gasteiger partial charge on any atom is -0.317 e. The van der Waals surface area contributed by atoms with E-state index < -0.39 is 0 Å². The summed E-state index contributed by atoms with van der Waals surface area (Å²) in [6, 6.07) is 2.05. The smallest absolute Gasteiger partial charge is 0.259 e. The van der Waals surface area contributed by atoms with Gasteiger partial charge in [0, 0.05) is 18.1 Å². The summed E-state index contributed by atoms with van der Waals surface area (Å²) in [5.74, 6) is 0.672. The molecule has 17 heavy (non-hydrogen) atoms. The summed E-state index contributed by atoms with van der Waals surface area (Å²) in [5, 5.41) is 0.838. The highest BCUT2D eigenvalue weighted by Crippen LogP contribution is 2.31. The Morgan fingerprint density at radius 3 is 2.88 bits per heavy atom. The highest BCUT2D eigenvalue weighted by atomic mass is 79.9.